The molecule has 0 aliphatic rings. The molecule has 3 aromatic rings. The molecule has 0 amide bonds. The molecule has 0 atom stereocenters. The molecular formula is C16H18FN7. The summed E-state index contributed by atoms with van der Waals surface area (Å²) in [7, 11) is 0. The van der Waals surface area contributed by atoms with Gasteiger partial charge in [0, 0.05) is 17.1 Å². The standard InChI is InChI=1S/C16H18FN7/c1-10-8-13(9-19-21-16-22-20-12(3)24(16)18)11(2)23(10)15-6-4-14(17)5-7-15/h4-8H,9,18H2,1-3H3. The first kappa shape index (κ1) is 15.9. The van der Waals surface area contributed by atoms with Crippen LogP contribution >= 0.6 is 0 Å². The Morgan fingerprint density at radius 3 is 2.46 bits per heavy atom. The van der Waals surface area contributed by atoms with Crippen LogP contribution in [0, 0.1) is 26.6 Å². The highest BCUT2D eigenvalue weighted by Crippen LogP contribution is 2.22. The van der Waals surface area contributed by atoms with Gasteiger partial charge in [0.05, 0.1) is 6.54 Å². The zero-order valence-electron chi connectivity index (χ0n) is 13.7. The van der Waals surface area contributed by atoms with Crippen molar-refractivity contribution in [1.82, 2.24) is 19.4 Å². The second-order valence-electron chi connectivity index (χ2n) is 5.52. The Hall–Kier alpha value is -3.03. The molecule has 7 nitrogen and oxygen atoms in total. The fraction of sp³-hybridized carbons (Fsp3) is 0.250. The highest BCUT2D eigenvalue weighted by molar-refractivity contribution is 5.41. The lowest BCUT2D eigenvalue weighted by Gasteiger charge is -2.09. The van der Waals surface area contributed by atoms with Gasteiger partial charge in [0.1, 0.15) is 5.82 Å². The maximum absolute atomic E-state index is 13.1. The molecule has 2 heterocycles. The lowest BCUT2D eigenvalue weighted by atomic mass is 10.2. The van der Waals surface area contributed by atoms with E-state index in [1.54, 1.807) is 19.1 Å². The van der Waals surface area contributed by atoms with Crippen molar-refractivity contribution in [2.75, 3.05) is 5.84 Å². The van der Waals surface area contributed by atoms with E-state index in [0.29, 0.717) is 12.4 Å². The van der Waals surface area contributed by atoms with Gasteiger partial charge in [0.2, 0.25) is 0 Å². The third kappa shape index (κ3) is 2.90. The number of benzene rings is 1. The number of azo groups is 1. The SMILES string of the molecule is Cc1nnc(N=NCc2cc(C)n(-c3ccc(F)cc3)c2C)n1N. The van der Waals surface area contributed by atoms with Gasteiger partial charge < -0.3 is 10.4 Å². The number of nitrogens with two attached hydrogens (primary N) is 1. The molecule has 124 valence electrons. The van der Waals surface area contributed by atoms with Crippen LogP contribution < -0.4 is 5.84 Å². The van der Waals surface area contributed by atoms with Gasteiger partial charge in [-0.15, -0.1) is 15.3 Å². The van der Waals surface area contributed by atoms with Crippen LogP contribution in [-0.2, 0) is 6.54 Å². The number of hydrogen-bond donors (Lipinski definition) is 1. The fourth-order valence-corrected chi connectivity index (χ4v) is 2.58. The molecule has 0 radical (unpaired) electrons. The number of nitrogen functional groups attached to an aromatic ring is 1. The molecule has 1 aromatic carbocycles. The number of halogens is 1. The quantitative estimate of drug-likeness (QED) is 0.590. The van der Waals surface area contributed by atoms with E-state index >= 15 is 0 Å². The van der Waals surface area contributed by atoms with E-state index in [4.69, 9.17) is 5.84 Å². The Balaban J connectivity index is 1.84. The summed E-state index contributed by atoms with van der Waals surface area (Å²) in [4.78, 5) is 0. The Labute approximate surface area is 138 Å². The van der Waals surface area contributed by atoms with Crippen LogP contribution in [0.25, 0.3) is 5.69 Å². The first-order valence-corrected chi connectivity index (χ1v) is 7.45. The summed E-state index contributed by atoms with van der Waals surface area (Å²) in [6, 6.07) is 8.44. The van der Waals surface area contributed by atoms with Gasteiger partial charge >= 0.3 is 0 Å². The summed E-state index contributed by atoms with van der Waals surface area (Å²) in [5, 5.41) is 15.8. The van der Waals surface area contributed by atoms with E-state index in [-0.39, 0.29) is 11.8 Å². The average Bonchev–Trinajstić information content (AvgIpc) is 3.02. The van der Waals surface area contributed by atoms with Crippen molar-refractivity contribution in [1.29, 1.82) is 0 Å². The van der Waals surface area contributed by atoms with E-state index in [9.17, 15) is 4.39 Å². The zero-order chi connectivity index (χ0) is 17.3. The Morgan fingerprint density at radius 1 is 1.12 bits per heavy atom. The lowest BCUT2D eigenvalue weighted by Crippen LogP contribution is -2.09. The van der Waals surface area contributed by atoms with Crippen molar-refractivity contribution in [3.05, 3.63) is 58.9 Å². The number of hydrogen-bond acceptors (Lipinski definition) is 5. The van der Waals surface area contributed by atoms with E-state index in [0.717, 1.165) is 22.6 Å². The van der Waals surface area contributed by atoms with Crippen LogP contribution in [0.4, 0.5) is 10.3 Å². The Bertz CT molecular complexity index is 890. The summed E-state index contributed by atoms with van der Waals surface area (Å²) in [5.41, 5.74) is 4.01. The second kappa shape index (κ2) is 6.23. The normalized spacial score (nSPS) is 11.5. The maximum Gasteiger partial charge on any atom is 0.287 e. The molecule has 0 aliphatic carbocycles. The zero-order valence-corrected chi connectivity index (χ0v) is 13.7. The minimum absolute atomic E-state index is 0.253. The molecule has 0 saturated carbocycles. The molecule has 0 bridgehead atoms. The van der Waals surface area contributed by atoms with Crippen LogP contribution in [0.3, 0.4) is 0 Å². The summed E-state index contributed by atoms with van der Waals surface area (Å²) in [5.74, 6) is 6.31. The van der Waals surface area contributed by atoms with Crippen molar-refractivity contribution in [2.45, 2.75) is 27.3 Å². The highest BCUT2D eigenvalue weighted by atomic mass is 19.1. The molecule has 0 unspecified atom stereocenters. The van der Waals surface area contributed by atoms with E-state index < -0.39 is 0 Å². The molecule has 0 aliphatic heterocycles. The smallest absolute Gasteiger partial charge is 0.287 e. The predicted octanol–water partition coefficient (Wildman–Crippen LogP) is 3.13. The molecular weight excluding hydrogens is 309 g/mol. The topological polar surface area (TPSA) is 86.4 Å². The van der Waals surface area contributed by atoms with Crippen LogP contribution in [0.15, 0.2) is 40.6 Å². The molecule has 2 aromatic heterocycles. The van der Waals surface area contributed by atoms with Crippen LogP contribution in [0.2, 0.25) is 0 Å². The monoisotopic (exact) mass is 327 g/mol. The summed E-state index contributed by atoms with van der Waals surface area (Å²) in [6.07, 6.45) is 0. The van der Waals surface area contributed by atoms with Crippen LogP contribution in [-0.4, -0.2) is 19.4 Å². The fourth-order valence-electron chi connectivity index (χ4n) is 2.58. The summed E-state index contributed by atoms with van der Waals surface area (Å²) in [6.45, 7) is 6.13. The van der Waals surface area contributed by atoms with Crippen LogP contribution in [0.1, 0.15) is 22.8 Å². The third-order valence-corrected chi connectivity index (χ3v) is 3.87. The van der Waals surface area contributed by atoms with E-state index in [1.807, 2.05) is 19.9 Å². The molecule has 0 fully saturated rings. The maximum atomic E-state index is 13.1. The van der Waals surface area contributed by atoms with Gasteiger partial charge in [-0.05, 0) is 56.7 Å². The second-order valence-corrected chi connectivity index (χ2v) is 5.52. The number of rotatable bonds is 4. The van der Waals surface area contributed by atoms with Gasteiger partial charge in [0.15, 0.2) is 5.82 Å². The minimum Gasteiger partial charge on any atom is -0.335 e. The molecule has 2 N–H and O–H groups in total. The first-order chi connectivity index (χ1) is 11.5. The van der Waals surface area contributed by atoms with Crippen molar-refractivity contribution in [3.8, 4) is 5.69 Å². The highest BCUT2D eigenvalue weighted by Gasteiger charge is 2.11. The van der Waals surface area contributed by atoms with E-state index in [1.165, 1.54) is 16.8 Å². The van der Waals surface area contributed by atoms with Gasteiger partial charge in [-0.3, -0.25) is 0 Å². The van der Waals surface area contributed by atoms with Crippen LogP contribution in [0.5, 0.6) is 0 Å². The molecule has 3 rings (SSSR count). The lowest BCUT2D eigenvalue weighted by molar-refractivity contribution is 0.627. The van der Waals surface area contributed by atoms with Crippen molar-refractivity contribution < 1.29 is 4.39 Å². The first-order valence-electron chi connectivity index (χ1n) is 7.45. The Morgan fingerprint density at radius 2 is 1.83 bits per heavy atom. The predicted molar refractivity (Wildman–Crippen MR) is 88.3 cm³/mol. The molecule has 0 saturated heterocycles. The number of aromatic nitrogens is 4. The van der Waals surface area contributed by atoms with E-state index in [2.05, 4.69) is 25.0 Å². The Kier molecular flexibility index (Phi) is 4.11. The van der Waals surface area contributed by atoms with Crippen molar-refractivity contribution >= 4 is 5.95 Å². The van der Waals surface area contributed by atoms with Crippen molar-refractivity contribution in [2.24, 2.45) is 10.2 Å². The van der Waals surface area contributed by atoms with Crippen molar-refractivity contribution in [3.63, 3.8) is 0 Å². The van der Waals surface area contributed by atoms with Gasteiger partial charge in [-0.25, -0.2) is 9.07 Å². The summed E-state index contributed by atoms with van der Waals surface area (Å²) >= 11 is 0. The van der Waals surface area contributed by atoms with Gasteiger partial charge in [0.25, 0.3) is 5.95 Å². The summed E-state index contributed by atoms with van der Waals surface area (Å²) < 4.78 is 16.4. The molecule has 24 heavy (non-hydrogen) atoms. The average molecular weight is 327 g/mol. The van der Waals surface area contributed by atoms with Gasteiger partial charge in [-0.2, -0.15) is 5.11 Å². The number of nitrogens with zero attached hydrogens (tertiary/aromatic N) is 6. The number of aryl methyl sites for hydroxylation is 2. The minimum atomic E-state index is -0.253. The molecule has 8 heteroatoms. The molecule has 0 spiro atoms. The van der Waals surface area contributed by atoms with Gasteiger partial charge in [-0.1, -0.05) is 0 Å². The largest absolute Gasteiger partial charge is 0.335 e. The third-order valence-electron chi connectivity index (χ3n) is 3.87.